The summed E-state index contributed by atoms with van der Waals surface area (Å²) in [5.74, 6) is -0.291. The van der Waals surface area contributed by atoms with Crippen LogP contribution in [-0.4, -0.2) is 22.5 Å². The van der Waals surface area contributed by atoms with E-state index in [1.165, 1.54) is 10.6 Å². The Labute approximate surface area is 139 Å². The fourth-order valence-corrected chi connectivity index (χ4v) is 2.24. The normalized spacial score (nSPS) is 13.3. The molecule has 1 aliphatic rings. The summed E-state index contributed by atoms with van der Waals surface area (Å²) in [6, 6.07) is 11.6. The van der Waals surface area contributed by atoms with Gasteiger partial charge in [0.1, 0.15) is 5.75 Å². The van der Waals surface area contributed by atoms with Gasteiger partial charge in [-0.05, 0) is 37.1 Å². The standard InChI is InChI=1S/C18H18N2O4/c21-16-6-1-2-10-20(16)11-9-17(22)24-15-5-3-4-13(12-15)18(23)19-14-7-8-14/h1-6,10,12,14H,7-9,11H2,(H,19,23). The van der Waals surface area contributed by atoms with Gasteiger partial charge in [0, 0.05) is 30.4 Å². The largest absolute Gasteiger partial charge is 0.426 e. The maximum Gasteiger partial charge on any atom is 0.312 e. The maximum atomic E-state index is 12.0. The lowest BCUT2D eigenvalue weighted by molar-refractivity contribution is -0.134. The molecule has 1 saturated carbocycles. The van der Waals surface area contributed by atoms with Gasteiger partial charge in [-0.25, -0.2) is 0 Å². The van der Waals surface area contributed by atoms with Crippen LogP contribution < -0.4 is 15.6 Å². The van der Waals surface area contributed by atoms with Crippen LogP contribution in [0.5, 0.6) is 5.75 Å². The summed E-state index contributed by atoms with van der Waals surface area (Å²) < 4.78 is 6.70. The second-order valence-electron chi connectivity index (χ2n) is 5.73. The quantitative estimate of drug-likeness (QED) is 0.648. The summed E-state index contributed by atoms with van der Waals surface area (Å²) >= 11 is 0. The minimum absolute atomic E-state index is 0.0718. The number of carbonyl (C=O) groups is 2. The lowest BCUT2D eigenvalue weighted by Gasteiger charge is -2.08. The Morgan fingerprint density at radius 1 is 1.17 bits per heavy atom. The van der Waals surface area contributed by atoms with Gasteiger partial charge in [-0.1, -0.05) is 12.1 Å². The van der Waals surface area contributed by atoms with Gasteiger partial charge in [0.25, 0.3) is 11.5 Å². The van der Waals surface area contributed by atoms with Crippen LogP contribution in [0.25, 0.3) is 0 Å². The van der Waals surface area contributed by atoms with Crippen molar-refractivity contribution in [1.29, 1.82) is 0 Å². The van der Waals surface area contributed by atoms with Crippen LogP contribution in [0.15, 0.2) is 53.5 Å². The summed E-state index contributed by atoms with van der Waals surface area (Å²) in [6.45, 7) is 0.250. The Morgan fingerprint density at radius 2 is 2.00 bits per heavy atom. The summed E-state index contributed by atoms with van der Waals surface area (Å²) in [6.07, 6.45) is 3.72. The molecule has 0 spiro atoms. The number of aromatic nitrogens is 1. The number of ether oxygens (including phenoxy) is 1. The third-order valence-electron chi connectivity index (χ3n) is 3.70. The van der Waals surface area contributed by atoms with Gasteiger partial charge in [0.2, 0.25) is 0 Å². The molecule has 1 aromatic heterocycles. The highest BCUT2D eigenvalue weighted by Gasteiger charge is 2.23. The third kappa shape index (κ3) is 4.32. The van der Waals surface area contributed by atoms with Crippen molar-refractivity contribution < 1.29 is 14.3 Å². The van der Waals surface area contributed by atoms with E-state index < -0.39 is 5.97 Å². The number of benzene rings is 1. The lowest BCUT2D eigenvalue weighted by Crippen LogP contribution is -2.25. The van der Waals surface area contributed by atoms with Crippen molar-refractivity contribution in [2.45, 2.75) is 31.8 Å². The highest BCUT2D eigenvalue weighted by atomic mass is 16.5. The Bertz CT molecular complexity index is 808. The molecule has 0 aliphatic heterocycles. The average Bonchev–Trinajstić information content (AvgIpc) is 3.38. The van der Waals surface area contributed by atoms with E-state index in [2.05, 4.69) is 5.32 Å². The minimum Gasteiger partial charge on any atom is -0.426 e. The van der Waals surface area contributed by atoms with Crippen LogP contribution in [0.4, 0.5) is 0 Å². The number of rotatable bonds is 6. The third-order valence-corrected chi connectivity index (χ3v) is 3.70. The van der Waals surface area contributed by atoms with Crippen LogP contribution in [-0.2, 0) is 11.3 Å². The number of esters is 1. The Morgan fingerprint density at radius 3 is 2.75 bits per heavy atom. The van der Waals surface area contributed by atoms with E-state index in [9.17, 15) is 14.4 Å². The molecule has 124 valence electrons. The van der Waals surface area contributed by atoms with Crippen molar-refractivity contribution in [3.05, 3.63) is 64.6 Å². The Kier molecular flexibility index (Phi) is 4.74. The zero-order valence-corrected chi connectivity index (χ0v) is 13.1. The van der Waals surface area contributed by atoms with E-state index in [-0.39, 0.29) is 30.5 Å². The van der Waals surface area contributed by atoms with Gasteiger partial charge in [-0.15, -0.1) is 0 Å². The van der Waals surface area contributed by atoms with Gasteiger partial charge in [-0.2, -0.15) is 0 Å². The number of nitrogens with zero attached hydrogens (tertiary/aromatic N) is 1. The van der Waals surface area contributed by atoms with E-state index in [0.717, 1.165) is 12.8 Å². The zero-order chi connectivity index (χ0) is 16.9. The number of amides is 1. The Hall–Kier alpha value is -2.89. The van der Waals surface area contributed by atoms with E-state index in [0.29, 0.717) is 11.3 Å². The molecule has 24 heavy (non-hydrogen) atoms. The van der Waals surface area contributed by atoms with Gasteiger partial charge < -0.3 is 14.6 Å². The molecule has 1 heterocycles. The number of pyridine rings is 1. The molecule has 1 aliphatic carbocycles. The minimum atomic E-state index is -0.453. The second kappa shape index (κ2) is 7.12. The smallest absolute Gasteiger partial charge is 0.312 e. The topological polar surface area (TPSA) is 77.4 Å². The molecule has 6 nitrogen and oxygen atoms in total. The van der Waals surface area contributed by atoms with Crippen molar-refractivity contribution in [3.8, 4) is 5.75 Å². The molecule has 6 heteroatoms. The molecule has 3 rings (SSSR count). The van der Waals surface area contributed by atoms with Gasteiger partial charge >= 0.3 is 5.97 Å². The number of nitrogens with one attached hydrogen (secondary N) is 1. The van der Waals surface area contributed by atoms with E-state index in [4.69, 9.17) is 4.74 Å². The molecule has 0 unspecified atom stereocenters. The molecule has 1 fully saturated rings. The predicted molar refractivity (Wildman–Crippen MR) is 87.9 cm³/mol. The Balaban J connectivity index is 1.57. The van der Waals surface area contributed by atoms with Crippen molar-refractivity contribution in [2.75, 3.05) is 0 Å². The van der Waals surface area contributed by atoms with E-state index in [1.807, 2.05) is 0 Å². The molecule has 1 aromatic carbocycles. The van der Waals surface area contributed by atoms with Crippen molar-refractivity contribution in [2.24, 2.45) is 0 Å². The lowest BCUT2D eigenvalue weighted by atomic mass is 10.2. The van der Waals surface area contributed by atoms with Crippen molar-refractivity contribution >= 4 is 11.9 Å². The first-order valence-corrected chi connectivity index (χ1v) is 7.89. The van der Waals surface area contributed by atoms with Crippen molar-refractivity contribution in [1.82, 2.24) is 9.88 Å². The van der Waals surface area contributed by atoms with Crippen LogP contribution in [0.2, 0.25) is 0 Å². The van der Waals surface area contributed by atoms with Gasteiger partial charge in [-0.3, -0.25) is 14.4 Å². The van der Waals surface area contributed by atoms with Crippen molar-refractivity contribution in [3.63, 3.8) is 0 Å². The number of hydrogen-bond donors (Lipinski definition) is 1. The molecule has 0 atom stereocenters. The summed E-state index contributed by atoms with van der Waals surface area (Å²) in [4.78, 5) is 35.5. The number of hydrogen-bond acceptors (Lipinski definition) is 4. The van der Waals surface area contributed by atoms with Gasteiger partial charge in [0.15, 0.2) is 0 Å². The van der Waals surface area contributed by atoms with E-state index in [1.54, 1.807) is 42.6 Å². The molecule has 0 radical (unpaired) electrons. The van der Waals surface area contributed by atoms with Crippen LogP contribution >= 0.6 is 0 Å². The highest BCUT2D eigenvalue weighted by molar-refractivity contribution is 5.95. The molecule has 1 amide bonds. The van der Waals surface area contributed by atoms with Gasteiger partial charge in [0.05, 0.1) is 6.42 Å². The molecular weight excluding hydrogens is 308 g/mol. The fourth-order valence-electron chi connectivity index (χ4n) is 2.24. The van der Waals surface area contributed by atoms with Crippen LogP contribution in [0, 0.1) is 0 Å². The molecular formula is C18H18N2O4. The van der Waals surface area contributed by atoms with E-state index >= 15 is 0 Å². The van der Waals surface area contributed by atoms with Crippen LogP contribution in [0.1, 0.15) is 29.6 Å². The molecule has 0 saturated heterocycles. The summed E-state index contributed by atoms with van der Waals surface area (Å²) in [5, 5.41) is 2.89. The summed E-state index contributed by atoms with van der Waals surface area (Å²) in [7, 11) is 0. The fraction of sp³-hybridized carbons (Fsp3) is 0.278. The summed E-state index contributed by atoms with van der Waals surface area (Å²) in [5.41, 5.74) is 0.301. The second-order valence-corrected chi connectivity index (χ2v) is 5.73. The average molecular weight is 326 g/mol. The number of carbonyl (C=O) groups excluding carboxylic acids is 2. The first-order chi connectivity index (χ1) is 11.6. The molecule has 2 aromatic rings. The molecule has 0 bridgehead atoms. The monoisotopic (exact) mass is 326 g/mol. The van der Waals surface area contributed by atoms with Crippen LogP contribution in [0.3, 0.4) is 0 Å². The first-order valence-electron chi connectivity index (χ1n) is 7.89. The maximum absolute atomic E-state index is 12.0. The zero-order valence-electron chi connectivity index (χ0n) is 13.1. The molecule has 1 N–H and O–H groups in total. The highest BCUT2D eigenvalue weighted by Crippen LogP contribution is 2.20. The number of aryl methyl sites for hydroxylation is 1. The predicted octanol–water partition coefficient (Wildman–Crippen LogP) is 1.74. The first kappa shape index (κ1) is 16.0. The SMILES string of the molecule is O=C(CCn1ccccc1=O)Oc1cccc(C(=O)NC2CC2)c1.